The second kappa shape index (κ2) is 3.92. The third-order valence-corrected chi connectivity index (χ3v) is 3.97. The molecule has 1 fully saturated rings. The lowest BCUT2D eigenvalue weighted by Crippen LogP contribution is -2.60. The van der Waals surface area contributed by atoms with E-state index in [2.05, 4.69) is 12.6 Å². The van der Waals surface area contributed by atoms with Gasteiger partial charge in [-0.25, -0.2) is 4.79 Å². The van der Waals surface area contributed by atoms with Crippen LogP contribution in [0.4, 0.5) is 4.79 Å². The number of aliphatic hydroxyl groups is 1. The van der Waals surface area contributed by atoms with Crippen LogP contribution in [0.3, 0.4) is 0 Å². The van der Waals surface area contributed by atoms with Crippen molar-refractivity contribution in [3.05, 3.63) is 0 Å². The standard InChI is InChI=1S/C10H17NO4S/c1-4-7(12)9(3)10(15,16)5-6(2)11(9)8(13)14/h6,15-16H,4-5H2,1-3H3,(H,13,14)/t6?,9-,10?/m0/s1. The van der Waals surface area contributed by atoms with Crippen LogP contribution in [0.2, 0.25) is 0 Å². The van der Waals surface area contributed by atoms with E-state index in [1.165, 1.54) is 6.92 Å². The number of amides is 1. The largest absolute Gasteiger partial charge is 0.465 e. The van der Waals surface area contributed by atoms with Gasteiger partial charge < -0.3 is 10.2 Å². The molecule has 1 heterocycles. The van der Waals surface area contributed by atoms with Crippen molar-refractivity contribution in [2.24, 2.45) is 0 Å². The smallest absolute Gasteiger partial charge is 0.408 e. The minimum absolute atomic E-state index is 0.144. The molecule has 0 aromatic heterocycles. The van der Waals surface area contributed by atoms with Crippen LogP contribution in [0.5, 0.6) is 0 Å². The van der Waals surface area contributed by atoms with Gasteiger partial charge in [-0.1, -0.05) is 6.92 Å². The van der Waals surface area contributed by atoms with Gasteiger partial charge in [0.25, 0.3) is 0 Å². The van der Waals surface area contributed by atoms with Crippen LogP contribution in [-0.2, 0) is 4.79 Å². The molecule has 0 aliphatic carbocycles. The quantitative estimate of drug-likeness (QED) is 0.504. The average molecular weight is 247 g/mol. The maximum atomic E-state index is 11.9. The number of rotatable bonds is 2. The molecule has 0 spiro atoms. The third-order valence-electron chi connectivity index (χ3n) is 3.35. The first-order chi connectivity index (χ1) is 7.18. The number of nitrogens with zero attached hydrogens (tertiary/aromatic N) is 1. The number of hydrogen-bond donors (Lipinski definition) is 3. The summed E-state index contributed by atoms with van der Waals surface area (Å²) in [6, 6.07) is -0.430. The Hall–Kier alpha value is -0.750. The van der Waals surface area contributed by atoms with Crippen molar-refractivity contribution in [3.63, 3.8) is 0 Å². The zero-order valence-corrected chi connectivity index (χ0v) is 10.5. The van der Waals surface area contributed by atoms with Crippen molar-refractivity contribution in [1.29, 1.82) is 0 Å². The molecular formula is C10H17NO4S. The van der Waals surface area contributed by atoms with Crippen LogP contribution in [-0.4, -0.2) is 43.5 Å². The summed E-state index contributed by atoms with van der Waals surface area (Å²) < 4.78 is 0. The Balaban J connectivity index is 3.27. The molecule has 1 saturated heterocycles. The molecule has 0 saturated carbocycles. The Morgan fingerprint density at radius 1 is 1.56 bits per heavy atom. The molecule has 1 rings (SSSR count). The molecule has 2 N–H and O–H groups in total. The highest BCUT2D eigenvalue weighted by atomic mass is 32.1. The third kappa shape index (κ3) is 1.60. The first-order valence-electron chi connectivity index (χ1n) is 5.18. The van der Waals surface area contributed by atoms with Crippen LogP contribution in [0, 0.1) is 0 Å². The first-order valence-corrected chi connectivity index (χ1v) is 5.63. The fourth-order valence-electron chi connectivity index (χ4n) is 2.42. The summed E-state index contributed by atoms with van der Waals surface area (Å²) in [4.78, 5) is 22.5. The number of hydrogen-bond acceptors (Lipinski definition) is 4. The normalized spacial score (nSPS) is 38.8. The van der Waals surface area contributed by atoms with Gasteiger partial charge in [0.2, 0.25) is 0 Å². The number of carboxylic acid groups (broad SMARTS) is 1. The second-order valence-corrected chi connectivity index (χ2v) is 5.11. The van der Waals surface area contributed by atoms with Gasteiger partial charge in [0.05, 0.1) is 0 Å². The minimum atomic E-state index is -1.61. The van der Waals surface area contributed by atoms with Crippen molar-refractivity contribution < 1.29 is 19.8 Å². The van der Waals surface area contributed by atoms with E-state index in [1.807, 2.05) is 0 Å². The van der Waals surface area contributed by atoms with E-state index in [4.69, 9.17) is 5.11 Å². The van der Waals surface area contributed by atoms with Crippen LogP contribution < -0.4 is 0 Å². The Bertz CT molecular complexity index is 331. The minimum Gasteiger partial charge on any atom is -0.465 e. The number of Topliss-reactive ketones (excluding diaryl/α,β-unsaturated/α-hetero) is 1. The predicted molar refractivity (Wildman–Crippen MR) is 61.6 cm³/mol. The number of carbonyl (C=O) groups excluding carboxylic acids is 1. The van der Waals surface area contributed by atoms with E-state index >= 15 is 0 Å². The summed E-state index contributed by atoms with van der Waals surface area (Å²) in [7, 11) is 0. The summed E-state index contributed by atoms with van der Waals surface area (Å²) in [5.74, 6) is -0.322. The molecule has 0 aromatic carbocycles. The lowest BCUT2D eigenvalue weighted by atomic mass is 9.88. The topological polar surface area (TPSA) is 77.8 Å². The lowest BCUT2D eigenvalue weighted by Gasteiger charge is -2.39. The molecular weight excluding hydrogens is 230 g/mol. The molecule has 16 heavy (non-hydrogen) atoms. The summed E-state index contributed by atoms with van der Waals surface area (Å²) in [5, 5.41) is 19.3. The van der Waals surface area contributed by atoms with Crippen molar-refractivity contribution in [3.8, 4) is 0 Å². The molecule has 0 radical (unpaired) electrons. The Kier molecular flexibility index (Phi) is 3.27. The lowest BCUT2D eigenvalue weighted by molar-refractivity contribution is -0.133. The summed E-state index contributed by atoms with van der Waals surface area (Å²) >= 11 is 4.07. The predicted octanol–water partition coefficient (Wildman–Crippen LogP) is 1.11. The second-order valence-electron chi connectivity index (χ2n) is 4.37. The number of likely N-dealkylation sites (tertiary alicyclic amines) is 1. The molecule has 0 aromatic rings. The molecule has 1 aliphatic heterocycles. The van der Waals surface area contributed by atoms with E-state index in [9.17, 15) is 14.7 Å². The van der Waals surface area contributed by atoms with Crippen LogP contribution in [0.15, 0.2) is 0 Å². The van der Waals surface area contributed by atoms with Crippen molar-refractivity contribution in [1.82, 2.24) is 4.90 Å². The highest BCUT2D eigenvalue weighted by Gasteiger charge is 2.62. The van der Waals surface area contributed by atoms with Crippen LogP contribution in [0.1, 0.15) is 33.6 Å². The molecule has 3 atom stereocenters. The van der Waals surface area contributed by atoms with E-state index in [-0.39, 0.29) is 18.6 Å². The van der Waals surface area contributed by atoms with E-state index in [0.29, 0.717) is 0 Å². The average Bonchev–Trinajstić information content (AvgIpc) is 2.32. The zero-order valence-electron chi connectivity index (χ0n) is 9.60. The van der Waals surface area contributed by atoms with Crippen molar-refractivity contribution in [2.75, 3.05) is 0 Å². The molecule has 1 amide bonds. The Morgan fingerprint density at radius 3 is 2.44 bits per heavy atom. The van der Waals surface area contributed by atoms with E-state index < -0.39 is 22.6 Å². The van der Waals surface area contributed by atoms with Gasteiger partial charge in [-0.05, 0) is 13.8 Å². The summed E-state index contributed by atoms with van der Waals surface area (Å²) in [5.41, 5.74) is -1.48. The van der Waals surface area contributed by atoms with Crippen LogP contribution in [0.25, 0.3) is 0 Å². The molecule has 5 nitrogen and oxygen atoms in total. The molecule has 2 unspecified atom stereocenters. The molecule has 92 valence electrons. The summed E-state index contributed by atoms with van der Waals surface area (Å²) in [6.45, 7) is 4.73. The maximum Gasteiger partial charge on any atom is 0.408 e. The van der Waals surface area contributed by atoms with Gasteiger partial charge in [0.1, 0.15) is 10.5 Å². The van der Waals surface area contributed by atoms with Gasteiger partial charge in [-0.15, -0.1) is 12.6 Å². The van der Waals surface area contributed by atoms with Gasteiger partial charge in [-0.3, -0.25) is 9.69 Å². The summed E-state index contributed by atoms with van der Waals surface area (Å²) in [6.07, 6.45) is -0.901. The van der Waals surface area contributed by atoms with Gasteiger partial charge in [0.15, 0.2) is 5.78 Å². The SMILES string of the molecule is CCC(=O)[C@]1(C)N(C(=O)O)C(C)CC1(O)S. The monoisotopic (exact) mass is 247 g/mol. The van der Waals surface area contributed by atoms with Crippen LogP contribution >= 0.6 is 12.6 Å². The maximum absolute atomic E-state index is 11.9. The van der Waals surface area contributed by atoms with Gasteiger partial charge in [0, 0.05) is 18.9 Å². The number of thiol groups is 1. The van der Waals surface area contributed by atoms with Crippen molar-refractivity contribution >= 4 is 24.5 Å². The molecule has 6 heteroatoms. The fraction of sp³-hybridized carbons (Fsp3) is 0.800. The zero-order chi connectivity index (χ0) is 12.7. The highest BCUT2D eigenvalue weighted by molar-refractivity contribution is 7.81. The fourth-order valence-corrected chi connectivity index (χ4v) is 2.91. The van der Waals surface area contributed by atoms with E-state index in [1.54, 1.807) is 13.8 Å². The molecule has 1 aliphatic rings. The highest BCUT2D eigenvalue weighted by Crippen LogP contribution is 2.45. The number of ketones is 1. The van der Waals surface area contributed by atoms with Gasteiger partial charge in [-0.2, -0.15) is 0 Å². The van der Waals surface area contributed by atoms with E-state index in [0.717, 1.165) is 4.90 Å². The Labute approximate surface area is 99.8 Å². The van der Waals surface area contributed by atoms with Gasteiger partial charge >= 0.3 is 6.09 Å². The number of carbonyl (C=O) groups is 2. The van der Waals surface area contributed by atoms with Crippen molar-refractivity contribution in [2.45, 2.75) is 50.1 Å². The molecule has 0 bridgehead atoms. The Morgan fingerprint density at radius 2 is 2.06 bits per heavy atom. The first kappa shape index (κ1) is 13.3.